The molecule has 5 aromatic carbocycles. The van der Waals surface area contributed by atoms with Gasteiger partial charge in [-0.2, -0.15) is 0 Å². The summed E-state index contributed by atoms with van der Waals surface area (Å²) in [6.07, 6.45) is 0. The number of fused-ring (bicyclic) bond motifs is 6. The molecule has 7 aromatic rings. The molecular weight excluding hydrogens is 419 g/mol. The van der Waals surface area contributed by atoms with E-state index in [0.29, 0.717) is 0 Å². The van der Waals surface area contributed by atoms with Gasteiger partial charge in [-0.1, -0.05) is 78.3 Å². The smallest absolute Gasteiger partial charge is 0.135 e. The molecule has 3 heteroatoms. The molecular formula is C30H17BOS. The van der Waals surface area contributed by atoms with Crippen molar-refractivity contribution in [2.75, 3.05) is 0 Å². The van der Waals surface area contributed by atoms with E-state index in [1.807, 2.05) is 23.5 Å². The fraction of sp³-hybridized carbons (Fsp3) is 0. The van der Waals surface area contributed by atoms with Crippen LogP contribution in [0.2, 0.25) is 0 Å². The van der Waals surface area contributed by atoms with Crippen LogP contribution in [0.1, 0.15) is 0 Å². The van der Waals surface area contributed by atoms with Gasteiger partial charge in [0.25, 0.3) is 0 Å². The van der Waals surface area contributed by atoms with Crippen molar-refractivity contribution in [2.24, 2.45) is 0 Å². The lowest BCUT2D eigenvalue weighted by molar-refractivity contribution is 0.669. The van der Waals surface area contributed by atoms with E-state index in [4.69, 9.17) is 12.3 Å². The Bertz CT molecular complexity index is 1820. The van der Waals surface area contributed by atoms with Crippen LogP contribution in [-0.4, -0.2) is 7.85 Å². The molecule has 0 saturated heterocycles. The van der Waals surface area contributed by atoms with Crippen LogP contribution >= 0.6 is 11.3 Å². The lowest BCUT2D eigenvalue weighted by atomic mass is 9.93. The minimum atomic E-state index is 0.772. The maximum atomic E-state index is 6.17. The Morgan fingerprint density at radius 1 is 0.545 bits per heavy atom. The van der Waals surface area contributed by atoms with Gasteiger partial charge in [-0.25, -0.2) is 0 Å². The topological polar surface area (TPSA) is 13.1 Å². The van der Waals surface area contributed by atoms with E-state index in [0.717, 1.165) is 38.5 Å². The molecule has 0 aliphatic carbocycles. The fourth-order valence-electron chi connectivity index (χ4n) is 4.77. The van der Waals surface area contributed by atoms with Gasteiger partial charge in [-0.3, -0.25) is 0 Å². The normalized spacial score (nSPS) is 11.8. The van der Waals surface area contributed by atoms with Crippen LogP contribution in [0.5, 0.6) is 0 Å². The van der Waals surface area contributed by atoms with E-state index in [-0.39, 0.29) is 0 Å². The Morgan fingerprint density at radius 2 is 1.21 bits per heavy atom. The molecule has 0 saturated carbocycles. The van der Waals surface area contributed by atoms with Crippen molar-refractivity contribution in [3.63, 3.8) is 0 Å². The number of hydrogen-bond acceptors (Lipinski definition) is 2. The number of furan rings is 1. The highest BCUT2D eigenvalue weighted by atomic mass is 32.1. The Kier molecular flexibility index (Phi) is 4.03. The predicted octanol–water partition coefficient (Wildman–Crippen LogP) is 8.08. The Morgan fingerprint density at radius 3 is 2.03 bits per heavy atom. The molecule has 1 nitrogen and oxygen atoms in total. The molecule has 0 N–H and O–H groups in total. The van der Waals surface area contributed by atoms with E-state index in [1.165, 1.54) is 31.3 Å². The summed E-state index contributed by atoms with van der Waals surface area (Å²) in [6, 6.07) is 36.2. The lowest BCUT2D eigenvalue weighted by Crippen LogP contribution is -1.98. The average molecular weight is 436 g/mol. The number of hydrogen-bond donors (Lipinski definition) is 0. The minimum absolute atomic E-state index is 0.772. The van der Waals surface area contributed by atoms with E-state index in [9.17, 15) is 0 Å². The summed E-state index contributed by atoms with van der Waals surface area (Å²) in [5.41, 5.74) is 7.36. The van der Waals surface area contributed by atoms with Crippen LogP contribution in [0.25, 0.3) is 64.4 Å². The lowest BCUT2D eigenvalue weighted by Gasteiger charge is -2.05. The number of thiophene rings is 1. The summed E-state index contributed by atoms with van der Waals surface area (Å²) in [5, 5.41) is 4.90. The Labute approximate surface area is 196 Å². The van der Waals surface area contributed by atoms with Gasteiger partial charge in [0.15, 0.2) is 0 Å². The zero-order valence-electron chi connectivity index (χ0n) is 17.7. The van der Waals surface area contributed by atoms with Gasteiger partial charge in [0, 0.05) is 30.9 Å². The first-order valence-electron chi connectivity index (χ1n) is 11.0. The van der Waals surface area contributed by atoms with Crippen molar-refractivity contribution < 1.29 is 4.42 Å². The molecule has 0 amide bonds. The highest BCUT2D eigenvalue weighted by Crippen LogP contribution is 2.41. The first-order chi connectivity index (χ1) is 16.2. The minimum Gasteiger partial charge on any atom is -0.456 e. The Balaban J connectivity index is 1.45. The first kappa shape index (κ1) is 18.7. The van der Waals surface area contributed by atoms with Crippen molar-refractivity contribution in [3.05, 3.63) is 103 Å². The summed E-state index contributed by atoms with van der Waals surface area (Å²) < 4.78 is 8.82. The molecule has 0 aliphatic rings. The van der Waals surface area contributed by atoms with Crippen LogP contribution < -0.4 is 5.46 Å². The van der Waals surface area contributed by atoms with Gasteiger partial charge in [-0.05, 0) is 52.6 Å². The molecule has 0 fully saturated rings. The van der Waals surface area contributed by atoms with Crippen molar-refractivity contribution in [3.8, 4) is 22.3 Å². The van der Waals surface area contributed by atoms with Gasteiger partial charge < -0.3 is 4.42 Å². The van der Waals surface area contributed by atoms with Crippen molar-refractivity contribution in [1.29, 1.82) is 0 Å². The van der Waals surface area contributed by atoms with Crippen LogP contribution in [0, 0.1) is 0 Å². The monoisotopic (exact) mass is 436 g/mol. The Hall–Kier alpha value is -3.82. The van der Waals surface area contributed by atoms with Crippen molar-refractivity contribution >= 4 is 66.8 Å². The second-order valence-electron chi connectivity index (χ2n) is 8.43. The average Bonchev–Trinajstić information content (AvgIpc) is 3.42. The second-order valence-corrected chi connectivity index (χ2v) is 9.48. The molecule has 0 spiro atoms. The summed E-state index contributed by atoms with van der Waals surface area (Å²) >= 11 is 1.86. The maximum Gasteiger partial charge on any atom is 0.135 e. The van der Waals surface area contributed by atoms with Gasteiger partial charge in [0.2, 0.25) is 0 Å². The molecule has 0 atom stereocenters. The number of benzene rings is 5. The van der Waals surface area contributed by atoms with Crippen molar-refractivity contribution in [2.45, 2.75) is 0 Å². The second kappa shape index (κ2) is 7.09. The summed E-state index contributed by atoms with van der Waals surface area (Å²) in [4.78, 5) is 0. The van der Waals surface area contributed by atoms with E-state index in [2.05, 4.69) is 91.0 Å². The zero-order valence-corrected chi connectivity index (χ0v) is 18.5. The van der Waals surface area contributed by atoms with E-state index >= 15 is 0 Å². The van der Waals surface area contributed by atoms with Crippen LogP contribution in [0.3, 0.4) is 0 Å². The molecule has 0 unspecified atom stereocenters. The highest BCUT2D eigenvalue weighted by molar-refractivity contribution is 7.26. The summed E-state index contributed by atoms with van der Waals surface area (Å²) in [6.45, 7) is 0. The third-order valence-corrected chi connectivity index (χ3v) is 7.65. The molecule has 152 valence electrons. The van der Waals surface area contributed by atoms with Crippen LogP contribution in [-0.2, 0) is 0 Å². The fourth-order valence-corrected chi connectivity index (χ4v) is 6.01. The van der Waals surface area contributed by atoms with Gasteiger partial charge in [-0.15, -0.1) is 11.3 Å². The quantitative estimate of drug-likeness (QED) is 0.250. The molecule has 2 aromatic heterocycles. The first-order valence-corrected chi connectivity index (χ1v) is 11.8. The third-order valence-electron chi connectivity index (χ3n) is 6.43. The van der Waals surface area contributed by atoms with E-state index < -0.39 is 0 Å². The molecule has 2 radical (unpaired) electrons. The standard InChI is InChI=1S/C30H17BOS/c31-21-12-8-18(9-13-21)19-10-14-27-25(16-19)26-17-20(11-15-28(26)32-27)22-5-3-6-24-23-4-1-2-7-29(23)33-30(22)24/h1-17H. The number of rotatable bonds is 2. The largest absolute Gasteiger partial charge is 0.456 e. The van der Waals surface area contributed by atoms with E-state index in [1.54, 1.807) is 0 Å². The highest BCUT2D eigenvalue weighted by Gasteiger charge is 2.13. The van der Waals surface area contributed by atoms with Crippen LogP contribution in [0.15, 0.2) is 108 Å². The third kappa shape index (κ3) is 2.93. The van der Waals surface area contributed by atoms with Crippen molar-refractivity contribution in [1.82, 2.24) is 0 Å². The van der Waals surface area contributed by atoms with Gasteiger partial charge in [0.1, 0.15) is 19.0 Å². The van der Waals surface area contributed by atoms with Crippen LogP contribution in [0.4, 0.5) is 0 Å². The van der Waals surface area contributed by atoms with Gasteiger partial charge >= 0.3 is 0 Å². The zero-order chi connectivity index (χ0) is 21.9. The molecule has 0 aliphatic heterocycles. The maximum absolute atomic E-state index is 6.17. The predicted molar refractivity (Wildman–Crippen MR) is 143 cm³/mol. The summed E-state index contributed by atoms with van der Waals surface area (Å²) in [7, 11) is 5.88. The SMILES string of the molecule is [B]c1ccc(-c2ccc3oc4ccc(-c5cccc6c5sc5ccccc56)cc4c3c2)cc1. The molecule has 33 heavy (non-hydrogen) atoms. The van der Waals surface area contributed by atoms with Gasteiger partial charge in [0.05, 0.1) is 0 Å². The molecule has 2 heterocycles. The summed E-state index contributed by atoms with van der Waals surface area (Å²) in [5.74, 6) is 0. The molecule has 0 bridgehead atoms. The molecule has 7 rings (SSSR count).